The molecule has 2 unspecified atom stereocenters. The molecular formula is C81H158O17P2. The van der Waals surface area contributed by atoms with Gasteiger partial charge in [-0.1, -0.05) is 381 Å². The van der Waals surface area contributed by atoms with Crippen LogP contribution in [0.2, 0.25) is 0 Å². The fourth-order valence-corrected chi connectivity index (χ4v) is 14.2. The molecule has 0 aliphatic carbocycles. The summed E-state index contributed by atoms with van der Waals surface area (Å²) in [7, 11) is -9.92. The van der Waals surface area contributed by atoms with Crippen molar-refractivity contribution in [2.24, 2.45) is 5.92 Å². The molecule has 0 bridgehead atoms. The Labute approximate surface area is 613 Å². The summed E-state index contributed by atoms with van der Waals surface area (Å²) < 4.78 is 68.7. The van der Waals surface area contributed by atoms with Crippen LogP contribution in [0.1, 0.15) is 433 Å². The van der Waals surface area contributed by atoms with Crippen molar-refractivity contribution in [1.82, 2.24) is 0 Å². The number of esters is 4. The van der Waals surface area contributed by atoms with Gasteiger partial charge in [-0.05, 0) is 31.6 Å². The molecule has 0 amide bonds. The van der Waals surface area contributed by atoms with Gasteiger partial charge >= 0.3 is 39.5 Å². The number of rotatable bonds is 81. The first-order valence-corrected chi connectivity index (χ1v) is 45.1. The average Bonchev–Trinajstić information content (AvgIpc) is 2.17. The van der Waals surface area contributed by atoms with Gasteiger partial charge in [-0.2, -0.15) is 0 Å². The second kappa shape index (κ2) is 73.9. The molecule has 0 saturated heterocycles. The lowest BCUT2D eigenvalue weighted by Crippen LogP contribution is -2.30. The van der Waals surface area contributed by atoms with E-state index in [0.29, 0.717) is 25.7 Å². The van der Waals surface area contributed by atoms with Gasteiger partial charge in [0, 0.05) is 25.7 Å². The molecule has 0 aromatic carbocycles. The van der Waals surface area contributed by atoms with E-state index in [1.807, 2.05) is 0 Å². The van der Waals surface area contributed by atoms with E-state index in [-0.39, 0.29) is 25.7 Å². The molecule has 17 nitrogen and oxygen atoms in total. The number of aliphatic hydroxyl groups excluding tert-OH is 1. The number of ether oxygens (including phenoxy) is 4. The molecule has 0 spiro atoms. The Morgan fingerprint density at radius 1 is 0.270 bits per heavy atom. The van der Waals surface area contributed by atoms with Crippen LogP contribution in [-0.2, 0) is 65.4 Å². The molecule has 0 aromatic rings. The van der Waals surface area contributed by atoms with Crippen LogP contribution in [0.5, 0.6) is 0 Å². The average molecular weight is 1470 g/mol. The minimum Gasteiger partial charge on any atom is -0.462 e. The summed E-state index contributed by atoms with van der Waals surface area (Å²) in [6.07, 6.45) is 65.2. The molecule has 0 rings (SSSR count). The minimum atomic E-state index is -4.96. The van der Waals surface area contributed by atoms with Gasteiger partial charge in [-0.3, -0.25) is 37.3 Å². The van der Waals surface area contributed by atoms with Crippen LogP contribution in [0.4, 0.5) is 0 Å². The Balaban J connectivity index is 5.22. The molecule has 5 atom stereocenters. The predicted octanol–water partition coefficient (Wildman–Crippen LogP) is 24.4. The highest BCUT2D eigenvalue weighted by Gasteiger charge is 2.30. The van der Waals surface area contributed by atoms with Gasteiger partial charge < -0.3 is 33.8 Å². The lowest BCUT2D eigenvalue weighted by Gasteiger charge is -2.21. The van der Waals surface area contributed by atoms with E-state index >= 15 is 0 Å². The molecule has 594 valence electrons. The van der Waals surface area contributed by atoms with Gasteiger partial charge in [0.25, 0.3) is 0 Å². The molecule has 0 aliphatic heterocycles. The van der Waals surface area contributed by atoms with E-state index in [2.05, 4.69) is 34.6 Å². The lowest BCUT2D eigenvalue weighted by molar-refractivity contribution is -0.161. The molecular weight excluding hydrogens is 1310 g/mol. The normalized spacial score (nSPS) is 13.8. The van der Waals surface area contributed by atoms with Crippen molar-refractivity contribution in [1.29, 1.82) is 0 Å². The second-order valence-electron chi connectivity index (χ2n) is 29.6. The Morgan fingerprint density at radius 2 is 0.460 bits per heavy atom. The molecule has 100 heavy (non-hydrogen) atoms. The molecule has 0 fully saturated rings. The highest BCUT2D eigenvalue weighted by atomic mass is 31.2. The lowest BCUT2D eigenvalue weighted by atomic mass is 10.0. The van der Waals surface area contributed by atoms with Crippen molar-refractivity contribution < 1.29 is 80.2 Å². The van der Waals surface area contributed by atoms with E-state index in [4.69, 9.17) is 37.0 Å². The van der Waals surface area contributed by atoms with Gasteiger partial charge in [0.05, 0.1) is 26.4 Å². The summed E-state index contributed by atoms with van der Waals surface area (Å²) in [6, 6.07) is 0. The van der Waals surface area contributed by atoms with Crippen LogP contribution in [0.25, 0.3) is 0 Å². The van der Waals surface area contributed by atoms with Gasteiger partial charge in [0.15, 0.2) is 12.2 Å². The zero-order valence-corrected chi connectivity index (χ0v) is 67.1. The van der Waals surface area contributed by atoms with Gasteiger partial charge in [-0.15, -0.1) is 0 Å². The monoisotopic (exact) mass is 1470 g/mol. The highest BCUT2D eigenvalue weighted by Crippen LogP contribution is 2.45. The molecule has 0 aromatic heterocycles. The van der Waals surface area contributed by atoms with E-state index in [1.165, 1.54) is 257 Å². The topological polar surface area (TPSA) is 237 Å². The second-order valence-corrected chi connectivity index (χ2v) is 32.5. The molecule has 3 N–H and O–H groups in total. The number of aliphatic hydroxyl groups is 1. The first-order chi connectivity index (χ1) is 48.5. The maximum Gasteiger partial charge on any atom is 0.472 e. The van der Waals surface area contributed by atoms with Gasteiger partial charge in [-0.25, -0.2) is 9.13 Å². The summed E-state index contributed by atoms with van der Waals surface area (Å²) in [5.41, 5.74) is 0. The van der Waals surface area contributed by atoms with Crippen LogP contribution in [-0.4, -0.2) is 96.7 Å². The van der Waals surface area contributed by atoms with Crippen molar-refractivity contribution in [2.45, 2.75) is 451 Å². The molecule has 0 heterocycles. The smallest absolute Gasteiger partial charge is 0.462 e. The first kappa shape index (κ1) is 98.1. The number of phosphoric acid groups is 2. The third kappa shape index (κ3) is 74.3. The highest BCUT2D eigenvalue weighted by molar-refractivity contribution is 7.47. The number of carbonyl (C=O) groups is 4. The maximum atomic E-state index is 13.1. The van der Waals surface area contributed by atoms with Crippen molar-refractivity contribution >= 4 is 39.5 Å². The maximum absolute atomic E-state index is 13.1. The number of hydrogen-bond acceptors (Lipinski definition) is 15. The summed E-state index contributed by atoms with van der Waals surface area (Å²) in [5.74, 6) is -1.31. The number of carbonyl (C=O) groups excluding carboxylic acids is 4. The zero-order valence-electron chi connectivity index (χ0n) is 65.3. The zero-order chi connectivity index (χ0) is 73.4. The number of unbranched alkanes of at least 4 members (excludes halogenated alkanes) is 53. The Bertz CT molecular complexity index is 1910. The third-order valence-corrected chi connectivity index (χ3v) is 20.9. The van der Waals surface area contributed by atoms with E-state index in [0.717, 1.165) is 95.8 Å². The van der Waals surface area contributed by atoms with Crippen LogP contribution >= 0.6 is 15.6 Å². The van der Waals surface area contributed by atoms with Crippen molar-refractivity contribution in [3.8, 4) is 0 Å². The fourth-order valence-electron chi connectivity index (χ4n) is 12.6. The number of phosphoric ester groups is 2. The van der Waals surface area contributed by atoms with Gasteiger partial charge in [0.1, 0.15) is 19.3 Å². The van der Waals surface area contributed by atoms with Crippen molar-refractivity contribution in [2.75, 3.05) is 39.6 Å². The standard InChI is InChI=1S/C81H158O17P2/c1-6-9-12-15-18-21-23-25-27-28-29-30-32-38-42-47-52-57-62-67-81(86)98-77(71-92-79(84)65-60-55-50-45-40-36-34-33-35-39-44-48-53-58-63-74(4)5)73-96-100(89,90)94-69-75(82)68-93-99(87,88)95-72-76(70-91-78(83)64-59-54-49-43-20-17-14-11-8-3)97-80(85)66-61-56-51-46-41-37-31-26-24-22-19-16-13-10-7-2/h74-77,82H,6-73H2,1-5H3,(H,87,88)(H,89,90)/t75-,76+,77+/m0/s1. The van der Waals surface area contributed by atoms with Crippen LogP contribution in [0.3, 0.4) is 0 Å². The van der Waals surface area contributed by atoms with Crippen molar-refractivity contribution in [3.63, 3.8) is 0 Å². The van der Waals surface area contributed by atoms with Crippen LogP contribution < -0.4 is 0 Å². The molecule has 19 heteroatoms. The predicted molar refractivity (Wildman–Crippen MR) is 409 cm³/mol. The molecule has 0 radical (unpaired) electrons. The van der Waals surface area contributed by atoms with E-state index in [9.17, 15) is 43.2 Å². The Kier molecular flexibility index (Phi) is 72.5. The summed E-state index contributed by atoms with van der Waals surface area (Å²) in [6.45, 7) is 7.34. The summed E-state index contributed by atoms with van der Waals surface area (Å²) >= 11 is 0. The first-order valence-electron chi connectivity index (χ1n) is 42.1. The Hall–Kier alpha value is -1.94. The quantitative estimate of drug-likeness (QED) is 0.0222. The largest absolute Gasteiger partial charge is 0.472 e. The summed E-state index contributed by atoms with van der Waals surface area (Å²) in [4.78, 5) is 73.0. The van der Waals surface area contributed by atoms with E-state index < -0.39 is 97.5 Å². The SMILES string of the molecule is CCCCCCCCCCCCCCCCCCCCCC(=O)O[C@H](COC(=O)CCCCCCCCCCCCCCCCC(C)C)COP(=O)(O)OC[C@@H](O)COP(=O)(O)OC[C@@H](COC(=O)CCCCCCCCCCC)OC(=O)CCCCCCCCCCCCCCCCC. The van der Waals surface area contributed by atoms with Gasteiger partial charge in [0.2, 0.25) is 0 Å². The van der Waals surface area contributed by atoms with Crippen LogP contribution in [0, 0.1) is 5.92 Å². The minimum absolute atomic E-state index is 0.109. The van der Waals surface area contributed by atoms with Crippen LogP contribution in [0.15, 0.2) is 0 Å². The van der Waals surface area contributed by atoms with E-state index in [1.54, 1.807) is 0 Å². The fraction of sp³-hybridized carbons (Fsp3) is 0.951. The molecule has 0 saturated carbocycles. The molecule has 0 aliphatic rings. The summed E-state index contributed by atoms with van der Waals surface area (Å²) in [5, 5.41) is 10.6. The third-order valence-electron chi connectivity index (χ3n) is 19.0. The number of hydrogen-bond donors (Lipinski definition) is 3. The Morgan fingerprint density at radius 3 is 0.680 bits per heavy atom. The van der Waals surface area contributed by atoms with Crippen molar-refractivity contribution in [3.05, 3.63) is 0 Å².